The Morgan fingerprint density at radius 1 is 1.12 bits per heavy atom. The van der Waals surface area contributed by atoms with Crippen LogP contribution in [0.5, 0.6) is 11.5 Å². The first-order valence-corrected chi connectivity index (χ1v) is 13.5. The standard InChI is InChI=1S/C24H26N4O5S/c1-14-22-18(24(29)25-16-5-6-20-21(11-16)33-9-2-8-32-20)12-19(15-3-4-15)26-23(22)28(27-14)17-7-10-34(30,31)13-17/h5-6,11-12,15,17H,2-4,7-10,13H2,1H3,(H,25,29)/t17-/m0/s1. The molecule has 1 atom stereocenters. The molecule has 1 saturated carbocycles. The van der Waals surface area contributed by atoms with E-state index in [4.69, 9.17) is 14.5 Å². The zero-order chi connectivity index (χ0) is 23.4. The van der Waals surface area contributed by atoms with E-state index in [9.17, 15) is 13.2 Å². The molecule has 1 amide bonds. The summed E-state index contributed by atoms with van der Waals surface area (Å²) in [5.74, 6) is 1.55. The molecule has 3 aromatic rings. The summed E-state index contributed by atoms with van der Waals surface area (Å²) in [4.78, 5) is 18.4. The average molecular weight is 483 g/mol. The van der Waals surface area contributed by atoms with Crippen molar-refractivity contribution in [1.29, 1.82) is 0 Å². The number of aromatic nitrogens is 3. The summed E-state index contributed by atoms with van der Waals surface area (Å²) in [6.07, 6.45) is 3.38. The maximum absolute atomic E-state index is 13.5. The second-order valence-electron chi connectivity index (χ2n) is 9.32. The topological polar surface area (TPSA) is 112 Å². The van der Waals surface area contributed by atoms with Crippen molar-refractivity contribution in [3.8, 4) is 11.5 Å². The van der Waals surface area contributed by atoms with Crippen molar-refractivity contribution in [3.05, 3.63) is 41.2 Å². The number of hydrogen-bond acceptors (Lipinski definition) is 7. The smallest absolute Gasteiger partial charge is 0.256 e. The number of nitrogens with zero attached hydrogens (tertiary/aromatic N) is 3. The lowest BCUT2D eigenvalue weighted by atomic mass is 10.1. The van der Waals surface area contributed by atoms with E-state index in [0.29, 0.717) is 65.0 Å². The van der Waals surface area contributed by atoms with Crippen molar-refractivity contribution in [2.75, 3.05) is 30.0 Å². The quantitative estimate of drug-likeness (QED) is 0.606. The lowest BCUT2D eigenvalue weighted by molar-refractivity contribution is 0.102. The van der Waals surface area contributed by atoms with Gasteiger partial charge >= 0.3 is 0 Å². The maximum atomic E-state index is 13.5. The van der Waals surface area contributed by atoms with Gasteiger partial charge in [-0.15, -0.1) is 0 Å². The molecule has 10 heteroatoms. The van der Waals surface area contributed by atoms with Gasteiger partial charge in [0, 0.05) is 29.8 Å². The van der Waals surface area contributed by atoms with Gasteiger partial charge in [0.2, 0.25) is 0 Å². The highest BCUT2D eigenvalue weighted by atomic mass is 32.2. The lowest BCUT2D eigenvalue weighted by Crippen LogP contribution is -2.15. The molecule has 2 fully saturated rings. The van der Waals surface area contributed by atoms with Gasteiger partial charge in [-0.2, -0.15) is 5.10 Å². The fraction of sp³-hybridized carbons (Fsp3) is 0.458. The van der Waals surface area contributed by atoms with Gasteiger partial charge in [-0.25, -0.2) is 18.1 Å². The van der Waals surface area contributed by atoms with Crippen LogP contribution in [0.1, 0.15) is 59.4 Å². The molecule has 0 bridgehead atoms. The number of rotatable bonds is 4. The summed E-state index contributed by atoms with van der Waals surface area (Å²) >= 11 is 0. The van der Waals surface area contributed by atoms with Gasteiger partial charge in [0.05, 0.1) is 47.4 Å². The SMILES string of the molecule is Cc1nn([C@H]2CCS(=O)(=O)C2)c2nc(C3CC3)cc(C(=O)Nc3ccc4c(c3)OCCCO4)c12. The first kappa shape index (κ1) is 21.4. The zero-order valence-corrected chi connectivity index (χ0v) is 19.7. The fourth-order valence-electron chi connectivity index (χ4n) is 4.76. The largest absolute Gasteiger partial charge is 0.490 e. The highest BCUT2D eigenvalue weighted by molar-refractivity contribution is 7.91. The molecule has 0 unspecified atom stereocenters. The molecule has 0 radical (unpaired) electrons. The minimum atomic E-state index is -3.08. The van der Waals surface area contributed by atoms with Gasteiger partial charge in [0.15, 0.2) is 27.0 Å². The first-order valence-electron chi connectivity index (χ1n) is 11.7. The Morgan fingerprint density at radius 3 is 2.65 bits per heavy atom. The minimum absolute atomic E-state index is 0.0529. The molecule has 9 nitrogen and oxygen atoms in total. The fourth-order valence-corrected chi connectivity index (χ4v) is 6.45. The second kappa shape index (κ2) is 7.97. The molecule has 3 aliphatic rings. The van der Waals surface area contributed by atoms with E-state index in [1.807, 2.05) is 13.0 Å². The van der Waals surface area contributed by atoms with Gasteiger partial charge < -0.3 is 14.8 Å². The van der Waals surface area contributed by atoms with Crippen LogP contribution >= 0.6 is 0 Å². The molecule has 178 valence electrons. The second-order valence-corrected chi connectivity index (χ2v) is 11.5. The van der Waals surface area contributed by atoms with Crippen LogP contribution in [0.15, 0.2) is 24.3 Å². The Kier molecular flexibility index (Phi) is 5.02. The third kappa shape index (κ3) is 3.89. The van der Waals surface area contributed by atoms with E-state index in [-0.39, 0.29) is 23.5 Å². The molecule has 2 aromatic heterocycles. The number of pyridine rings is 1. The van der Waals surface area contributed by atoms with E-state index >= 15 is 0 Å². The van der Waals surface area contributed by atoms with Crippen LogP contribution in [-0.4, -0.2) is 53.8 Å². The molecular formula is C24H26N4O5S. The monoisotopic (exact) mass is 482 g/mol. The maximum Gasteiger partial charge on any atom is 0.256 e. The van der Waals surface area contributed by atoms with Crippen molar-refractivity contribution in [2.45, 2.75) is 44.6 Å². The number of benzene rings is 1. The minimum Gasteiger partial charge on any atom is -0.490 e. The van der Waals surface area contributed by atoms with Gasteiger partial charge in [-0.3, -0.25) is 4.79 Å². The number of hydrogen-bond donors (Lipinski definition) is 1. The third-order valence-corrected chi connectivity index (χ3v) is 8.41. The molecule has 0 spiro atoms. The van der Waals surface area contributed by atoms with E-state index in [1.54, 1.807) is 22.9 Å². The highest BCUT2D eigenvalue weighted by Crippen LogP contribution is 2.41. The highest BCUT2D eigenvalue weighted by Gasteiger charge is 2.34. The summed E-state index contributed by atoms with van der Waals surface area (Å²) in [5, 5.41) is 8.31. The number of anilines is 1. The summed E-state index contributed by atoms with van der Waals surface area (Å²) in [6, 6.07) is 6.98. The van der Waals surface area contributed by atoms with Crippen LogP contribution in [0, 0.1) is 6.92 Å². The van der Waals surface area contributed by atoms with Crippen molar-refractivity contribution < 1.29 is 22.7 Å². The molecule has 1 aromatic carbocycles. The van der Waals surface area contributed by atoms with Crippen LogP contribution in [0.3, 0.4) is 0 Å². The number of aryl methyl sites for hydroxylation is 1. The van der Waals surface area contributed by atoms with Gasteiger partial charge in [0.1, 0.15) is 0 Å². The normalized spacial score (nSPS) is 21.4. The Morgan fingerprint density at radius 2 is 1.91 bits per heavy atom. The number of sulfone groups is 1. The number of carbonyl (C=O) groups is 1. The Bertz CT molecular complexity index is 1410. The molecule has 1 N–H and O–H groups in total. The zero-order valence-electron chi connectivity index (χ0n) is 18.9. The van der Waals surface area contributed by atoms with Gasteiger partial charge in [0.25, 0.3) is 5.91 Å². The molecule has 1 aliphatic carbocycles. The Hall–Kier alpha value is -3.14. The van der Waals surface area contributed by atoms with Crippen molar-refractivity contribution >= 4 is 32.5 Å². The third-order valence-electron chi connectivity index (χ3n) is 6.66. The first-order chi connectivity index (χ1) is 16.4. The van der Waals surface area contributed by atoms with E-state index in [1.165, 1.54) is 0 Å². The number of carbonyl (C=O) groups excluding carboxylic acids is 1. The van der Waals surface area contributed by atoms with Crippen LogP contribution < -0.4 is 14.8 Å². The molecule has 1 saturated heterocycles. The summed E-state index contributed by atoms with van der Waals surface area (Å²) < 4.78 is 37.4. The molecule has 2 aliphatic heterocycles. The molecule has 34 heavy (non-hydrogen) atoms. The lowest BCUT2D eigenvalue weighted by Gasteiger charge is -2.13. The van der Waals surface area contributed by atoms with E-state index in [0.717, 1.165) is 25.0 Å². The number of nitrogens with one attached hydrogen (secondary N) is 1. The Balaban J connectivity index is 1.39. The van der Waals surface area contributed by atoms with Gasteiger partial charge in [-0.1, -0.05) is 0 Å². The van der Waals surface area contributed by atoms with Gasteiger partial charge in [-0.05, 0) is 44.4 Å². The average Bonchev–Trinajstić information content (AvgIpc) is 3.57. The summed E-state index contributed by atoms with van der Waals surface area (Å²) in [7, 11) is -3.08. The van der Waals surface area contributed by atoms with Crippen LogP contribution in [0.4, 0.5) is 5.69 Å². The molecule has 4 heterocycles. The predicted octanol–water partition coefficient (Wildman–Crippen LogP) is 3.39. The predicted molar refractivity (Wildman–Crippen MR) is 127 cm³/mol. The van der Waals surface area contributed by atoms with E-state index < -0.39 is 9.84 Å². The Labute approximate surface area is 197 Å². The van der Waals surface area contributed by atoms with Crippen molar-refractivity contribution in [2.24, 2.45) is 0 Å². The molecule has 6 rings (SSSR count). The summed E-state index contributed by atoms with van der Waals surface area (Å²) in [6.45, 7) is 3.00. The van der Waals surface area contributed by atoms with Crippen LogP contribution in [-0.2, 0) is 9.84 Å². The van der Waals surface area contributed by atoms with Crippen molar-refractivity contribution in [1.82, 2.24) is 14.8 Å². The number of amides is 1. The summed E-state index contributed by atoms with van der Waals surface area (Å²) in [5.41, 5.74) is 3.23. The molecular weight excluding hydrogens is 456 g/mol. The van der Waals surface area contributed by atoms with E-state index in [2.05, 4.69) is 10.4 Å². The number of fused-ring (bicyclic) bond motifs is 2. The van der Waals surface area contributed by atoms with Crippen molar-refractivity contribution in [3.63, 3.8) is 0 Å². The number of ether oxygens (including phenoxy) is 2. The van der Waals surface area contributed by atoms with Crippen LogP contribution in [0.2, 0.25) is 0 Å². The van der Waals surface area contributed by atoms with Crippen LogP contribution in [0.25, 0.3) is 11.0 Å².